The Kier molecular flexibility index (Phi) is 5.39. The molecule has 0 unspecified atom stereocenters. The van der Waals surface area contributed by atoms with Crippen LogP contribution in [-0.2, 0) is 0 Å². The zero-order valence-electron chi connectivity index (χ0n) is 14.5. The average molecular weight is 374 g/mol. The lowest BCUT2D eigenvalue weighted by atomic mass is 10.1. The van der Waals surface area contributed by atoms with Gasteiger partial charge in [0.05, 0.1) is 9.85 Å². The Morgan fingerprint density at radius 2 is 1.52 bits per heavy atom. The first-order valence-electron chi connectivity index (χ1n) is 7.45. The number of nitrogens with one attached hydrogen (secondary N) is 1. The highest BCUT2D eigenvalue weighted by Gasteiger charge is 2.32. The maximum absolute atomic E-state index is 12.4. The minimum absolute atomic E-state index is 0.00476. The zero-order chi connectivity index (χ0) is 20.3. The number of nitrogens with zero attached hydrogens (tertiary/aromatic N) is 5. The van der Waals surface area contributed by atoms with Crippen LogP contribution >= 0.6 is 0 Å². The number of rotatable bonds is 4. The molecule has 0 aliphatic heterocycles. The number of benzene rings is 1. The number of imide groups is 1. The van der Waals surface area contributed by atoms with Crippen LogP contribution in [0.2, 0.25) is 0 Å². The Bertz CT molecular complexity index is 907. The monoisotopic (exact) mass is 374 g/mol. The van der Waals surface area contributed by atoms with Gasteiger partial charge in [0.25, 0.3) is 17.3 Å². The topological polar surface area (TPSA) is 161 Å². The van der Waals surface area contributed by atoms with Gasteiger partial charge in [-0.1, -0.05) is 0 Å². The van der Waals surface area contributed by atoms with Crippen molar-refractivity contribution in [3.8, 4) is 0 Å². The van der Waals surface area contributed by atoms with Crippen LogP contribution in [0.1, 0.15) is 21.7 Å². The van der Waals surface area contributed by atoms with E-state index < -0.39 is 38.7 Å². The summed E-state index contributed by atoms with van der Waals surface area (Å²) in [5.41, 5.74) is -1.24. The second kappa shape index (κ2) is 7.51. The molecule has 3 amide bonds. The number of aryl methyl sites for hydroxylation is 2. The van der Waals surface area contributed by atoms with Crippen molar-refractivity contribution in [2.45, 2.75) is 13.8 Å². The van der Waals surface area contributed by atoms with Crippen molar-refractivity contribution in [2.24, 2.45) is 0 Å². The second-order valence-electron chi connectivity index (χ2n) is 5.45. The molecule has 12 heteroatoms. The minimum atomic E-state index is -1.28. The van der Waals surface area contributed by atoms with Gasteiger partial charge in [-0.25, -0.2) is 14.8 Å². The quantitative estimate of drug-likeness (QED) is 0.626. The Balaban J connectivity index is 2.35. The van der Waals surface area contributed by atoms with Crippen molar-refractivity contribution in [2.75, 3.05) is 11.9 Å². The maximum atomic E-state index is 12.4. The first-order chi connectivity index (χ1) is 12.6. The molecule has 1 aromatic carbocycles. The van der Waals surface area contributed by atoms with E-state index in [0.717, 1.165) is 23.1 Å². The van der Waals surface area contributed by atoms with E-state index in [1.807, 2.05) is 5.32 Å². The Hall–Kier alpha value is -3.96. The lowest BCUT2D eigenvalue weighted by Crippen LogP contribution is -2.42. The molecule has 0 saturated carbocycles. The van der Waals surface area contributed by atoms with Crippen LogP contribution in [0.4, 0.5) is 22.1 Å². The third-order valence-electron chi connectivity index (χ3n) is 3.44. The van der Waals surface area contributed by atoms with Crippen molar-refractivity contribution in [1.29, 1.82) is 0 Å². The van der Waals surface area contributed by atoms with Crippen LogP contribution in [0.25, 0.3) is 0 Å². The van der Waals surface area contributed by atoms with Gasteiger partial charge in [-0.15, -0.1) is 0 Å². The highest BCUT2D eigenvalue weighted by Crippen LogP contribution is 2.28. The second-order valence-corrected chi connectivity index (χ2v) is 5.45. The SMILES string of the molecule is Cc1cc(C)nc(N(C)C(=O)NC(=O)c2c([N+](=O)[O-])cccc2[N+](=O)[O-])n1. The van der Waals surface area contributed by atoms with E-state index in [1.165, 1.54) is 7.05 Å². The van der Waals surface area contributed by atoms with Crippen LogP contribution in [-0.4, -0.2) is 38.8 Å². The van der Waals surface area contributed by atoms with Gasteiger partial charge >= 0.3 is 6.03 Å². The molecular weight excluding hydrogens is 360 g/mol. The van der Waals surface area contributed by atoms with Gasteiger partial charge in [-0.05, 0) is 26.0 Å². The van der Waals surface area contributed by atoms with Gasteiger partial charge < -0.3 is 0 Å². The number of amides is 3. The maximum Gasteiger partial charge on any atom is 0.330 e. The molecule has 2 aromatic rings. The number of hydrogen-bond donors (Lipinski definition) is 1. The number of urea groups is 1. The van der Waals surface area contributed by atoms with E-state index in [4.69, 9.17) is 0 Å². The van der Waals surface area contributed by atoms with E-state index in [-0.39, 0.29) is 5.95 Å². The van der Waals surface area contributed by atoms with Crippen LogP contribution in [0, 0.1) is 34.1 Å². The normalized spacial score (nSPS) is 10.2. The summed E-state index contributed by atoms with van der Waals surface area (Å²) in [6.45, 7) is 3.37. The molecule has 0 bridgehead atoms. The molecule has 12 nitrogen and oxygen atoms in total. The zero-order valence-corrected chi connectivity index (χ0v) is 14.5. The molecule has 0 aliphatic rings. The first kappa shape index (κ1) is 19.4. The molecule has 0 spiro atoms. The van der Waals surface area contributed by atoms with E-state index in [2.05, 4.69) is 9.97 Å². The van der Waals surface area contributed by atoms with E-state index in [1.54, 1.807) is 19.9 Å². The number of nitro groups is 2. The minimum Gasteiger partial charge on any atom is -0.273 e. The molecule has 0 saturated heterocycles. The summed E-state index contributed by atoms with van der Waals surface area (Å²) >= 11 is 0. The van der Waals surface area contributed by atoms with Crippen LogP contribution in [0.15, 0.2) is 24.3 Å². The van der Waals surface area contributed by atoms with Gasteiger partial charge in [0, 0.05) is 30.6 Å². The molecule has 27 heavy (non-hydrogen) atoms. The van der Waals surface area contributed by atoms with Crippen molar-refractivity contribution in [3.05, 3.63) is 61.4 Å². The predicted molar refractivity (Wildman–Crippen MR) is 92.5 cm³/mol. The van der Waals surface area contributed by atoms with Crippen LogP contribution in [0.5, 0.6) is 0 Å². The number of anilines is 1. The molecule has 0 radical (unpaired) electrons. The lowest BCUT2D eigenvalue weighted by Gasteiger charge is -2.16. The number of carbonyl (C=O) groups excluding carboxylic acids is 2. The fourth-order valence-electron chi connectivity index (χ4n) is 2.26. The van der Waals surface area contributed by atoms with Gasteiger partial charge in [0.2, 0.25) is 5.95 Å². The molecule has 0 fully saturated rings. The third kappa shape index (κ3) is 4.18. The van der Waals surface area contributed by atoms with Crippen molar-refractivity contribution >= 4 is 29.3 Å². The molecule has 1 N–H and O–H groups in total. The molecular formula is C15H14N6O6. The van der Waals surface area contributed by atoms with Crippen molar-refractivity contribution < 1.29 is 19.4 Å². The smallest absolute Gasteiger partial charge is 0.273 e. The molecule has 2 rings (SSSR count). The molecule has 1 heterocycles. The van der Waals surface area contributed by atoms with Gasteiger partial charge in [0.15, 0.2) is 5.56 Å². The predicted octanol–water partition coefficient (Wildman–Crippen LogP) is 1.90. The van der Waals surface area contributed by atoms with Gasteiger partial charge in [-0.3, -0.25) is 35.2 Å². The molecule has 0 aliphatic carbocycles. The van der Waals surface area contributed by atoms with Crippen molar-refractivity contribution in [3.63, 3.8) is 0 Å². The number of nitro benzene ring substituents is 2. The fourth-order valence-corrected chi connectivity index (χ4v) is 2.26. The van der Waals surface area contributed by atoms with Crippen molar-refractivity contribution in [1.82, 2.24) is 15.3 Å². The average Bonchev–Trinajstić information content (AvgIpc) is 2.59. The largest absolute Gasteiger partial charge is 0.330 e. The highest BCUT2D eigenvalue weighted by molar-refractivity contribution is 6.11. The summed E-state index contributed by atoms with van der Waals surface area (Å²) in [6.07, 6.45) is 0. The summed E-state index contributed by atoms with van der Waals surface area (Å²) in [5, 5.41) is 24.1. The Morgan fingerprint density at radius 1 is 1.04 bits per heavy atom. The Labute approximate surface area is 152 Å². The fraction of sp³-hybridized carbons (Fsp3) is 0.200. The first-order valence-corrected chi connectivity index (χ1v) is 7.45. The van der Waals surface area contributed by atoms with Crippen LogP contribution < -0.4 is 10.2 Å². The summed E-state index contributed by atoms with van der Waals surface area (Å²) in [7, 11) is 1.28. The van der Waals surface area contributed by atoms with E-state index >= 15 is 0 Å². The molecule has 0 atom stereocenters. The lowest BCUT2D eigenvalue weighted by molar-refractivity contribution is -0.394. The van der Waals surface area contributed by atoms with Crippen LogP contribution in [0.3, 0.4) is 0 Å². The molecule has 140 valence electrons. The highest BCUT2D eigenvalue weighted by atomic mass is 16.6. The number of carbonyl (C=O) groups is 2. The Morgan fingerprint density at radius 3 is 1.96 bits per heavy atom. The summed E-state index contributed by atoms with van der Waals surface area (Å²) in [4.78, 5) is 54.0. The van der Waals surface area contributed by atoms with Gasteiger partial charge in [0.1, 0.15) is 0 Å². The number of hydrogen-bond acceptors (Lipinski definition) is 8. The third-order valence-corrected chi connectivity index (χ3v) is 3.44. The van der Waals surface area contributed by atoms with E-state index in [9.17, 15) is 29.8 Å². The standard InChI is InChI=1S/C15H14N6O6/c1-8-7-9(2)17-14(16-8)19(3)15(23)18-13(22)12-10(20(24)25)5-4-6-11(12)21(26)27/h4-7H,1-3H3,(H,18,22,23). The summed E-state index contributed by atoms with van der Waals surface area (Å²) in [6, 6.07) is 3.62. The summed E-state index contributed by atoms with van der Waals surface area (Å²) < 4.78 is 0. The number of aromatic nitrogens is 2. The van der Waals surface area contributed by atoms with E-state index in [0.29, 0.717) is 11.4 Å². The van der Waals surface area contributed by atoms with Gasteiger partial charge in [-0.2, -0.15) is 0 Å². The summed E-state index contributed by atoms with van der Waals surface area (Å²) in [5.74, 6) is -1.29. The molecule has 1 aromatic heterocycles.